The monoisotopic (exact) mass is 271 g/mol. The lowest BCUT2D eigenvalue weighted by atomic mass is 9.84. The maximum atomic E-state index is 9.04. The topological polar surface area (TPSA) is 38.7 Å². The van der Waals surface area contributed by atoms with Crippen molar-refractivity contribution in [3.05, 3.63) is 0 Å². The summed E-state index contributed by atoms with van der Waals surface area (Å²) in [4.78, 5) is 5.00. The summed E-state index contributed by atoms with van der Waals surface area (Å²) in [6.07, 6.45) is 3.76. The van der Waals surface area contributed by atoms with E-state index in [2.05, 4.69) is 36.0 Å². The second kappa shape index (κ2) is 8.90. The number of nitrogens with zero attached hydrogens (tertiary/aromatic N) is 2. The first kappa shape index (κ1) is 16.9. The van der Waals surface area contributed by atoms with Crippen LogP contribution in [0.2, 0.25) is 0 Å². The van der Waals surface area contributed by atoms with Crippen LogP contribution < -0.4 is 5.32 Å². The first-order chi connectivity index (χ1) is 9.13. The Hall–Kier alpha value is -0.160. The van der Waals surface area contributed by atoms with Gasteiger partial charge in [-0.3, -0.25) is 4.90 Å². The molecule has 1 rings (SSSR count). The van der Waals surface area contributed by atoms with E-state index < -0.39 is 0 Å². The minimum Gasteiger partial charge on any atom is -0.395 e. The summed E-state index contributed by atoms with van der Waals surface area (Å²) in [5.74, 6) is 0. The van der Waals surface area contributed by atoms with Crippen LogP contribution in [0, 0.1) is 5.41 Å². The maximum absolute atomic E-state index is 9.04. The van der Waals surface area contributed by atoms with Crippen LogP contribution in [0.25, 0.3) is 0 Å². The molecule has 0 aromatic carbocycles. The Labute approximate surface area is 119 Å². The molecular weight excluding hydrogens is 238 g/mol. The number of hydrogen-bond acceptors (Lipinski definition) is 4. The first-order valence-corrected chi connectivity index (χ1v) is 7.83. The van der Waals surface area contributed by atoms with Crippen LogP contribution in [-0.4, -0.2) is 74.4 Å². The minimum atomic E-state index is 0.285. The van der Waals surface area contributed by atoms with Crippen molar-refractivity contribution in [1.82, 2.24) is 15.1 Å². The normalized spacial score (nSPS) is 22.1. The van der Waals surface area contributed by atoms with Crippen molar-refractivity contribution in [2.45, 2.75) is 33.1 Å². The van der Waals surface area contributed by atoms with E-state index >= 15 is 0 Å². The van der Waals surface area contributed by atoms with Crippen molar-refractivity contribution in [1.29, 1.82) is 0 Å². The quantitative estimate of drug-likeness (QED) is 0.691. The molecule has 114 valence electrons. The molecule has 1 atom stereocenters. The molecule has 1 aliphatic rings. The average Bonchev–Trinajstić information content (AvgIpc) is 2.56. The van der Waals surface area contributed by atoms with Crippen LogP contribution in [0.1, 0.15) is 33.1 Å². The number of aliphatic hydroxyl groups excluding tert-OH is 1. The molecule has 1 aliphatic heterocycles. The van der Waals surface area contributed by atoms with Crippen LogP contribution >= 0.6 is 0 Å². The Morgan fingerprint density at radius 2 is 1.84 bits per heavy atom. The lowest BCUT2D eigenvalue weighted by Crippen LogP contribution is -2.43. The second-order valence-electron chi connectivity index (χ2n) is 6.29. The van der Waals surface area contributed by atoms with Crippen molar-refractivity contribution >= 4 is 0 Å². The molecule has 0 spiro atoms. The maximum Gasteiger partial charge on any atom is 0.0558 e. The van der Waals surface area contributed by atoms with E-state index in [9.17, 15) is 0 Å². The molecule has 19 heavy (non-hydrogen) atoms. The van der Waals surface area contributed by atoms with Gasteiger partial charge in [-0.05, 0) is 38.4 Å². The number of rotatable bonds is 8. The van der Waals surface area contributed by atoms with Gasteiger partial charge in [-0.15, -0.1) is 0 Å². The highest BCUT2D eigenvalue weighted by Crippen LogP contribution is 2.24. The van der Waals surface area contributed by atoms with Gasteiger partial charge in [-0.25, -0.2) is 0 Å². The number of aliphatic hydroxyl groups is 1. The molecule has 0 radical (unpaired) electrons. The summed E-state index contributed by atoms with van der Waals surface area (Å²) in [7, 11) is 2.05. The molecule has 0 aromatic rings. The Morgan fingerprint density at radius 3 is 2.47 bits per heavy atom. The van der Waals surface area contributed by atoms with Gasteiger partial charge in [0.15, 0.2) is 0 Å². The molecule has 1 fully saturated rings. The minimum absolute atomic E-state index is 0.285. The molecule has 0 saturated carbocycles. The highest BCUT2D eigenvalue weighted by Gasteiger charge is 2.26. The van der Waals surface area contributed by atoms with Gasteiger partial charge in [0.1, 0.15) is 0 Å². The van der Waals surface area contributed by atoms with Gasteiger partial charge in [0, 0.05) is 32.7 Å². The lowest BCUT2D eigenvalue weighted by Gasteiger charge is -2.35. The highest BCUT2D eigenvalue weighted by molar-refractivity contribution is 4.82. The van der Waals surface area contributed by atoms with Gasteiger partial charge in [0.25, 0.3) is 0 Å². The van der Waals surface area contributed by atoms with E-state index in [0.29, 0.717) is 5.41 Å². The third kappa shape index (κ3) is 6.21. The van der Waals surface area contributed by atoms with E-state index in [-0.39, 0.29) is 6.61 Å². The van der Waals surface area contributed by atoms with Gasteiger partial charge < -0.3 is 15.3 Å². The summed E-state index contributed by atoms with van der Waals surface area (Å²) in [6, 6.07) is 0. The van der Waals surface area contributed by atoms with Gasteiger partial charge in [0.2, 0.25) is 0 Å². The molecule has 0 aromatic heterocycles. The molecule has 2 N–H and O–H groups in total. The van der Waals surface area contributed by atoms with Gasteiger partial charge in [0.05, 0.1) is 6.61 Å². The van der Waals surface area contributed by atoms with Crippen molar-refractivity contribution in [3.8, 4) is 0 Å². The smallest absolute Gasteiger partial charge is 0.0558 e. The summed E-state index contributed by atoms with van der Waals surface area (Å²) in [5.41, 5.74) is 0.385. The van der Waals surface area contributed by atoms with Crippen LogP contribution in [0.4, 0.5) is 0 Å². The summed E-state index contributed by atoms with van der Waals surface area (Å²) in [6.45, 7) is 12.7. The zero-order valence-electron chi connectivity index (χ0n) is 13.1. The number of hydrogen-bond donors (Lipinski definition) is 2. The fourth-order valence-corrected chi connectivity index (χ4v) is 3.34. The van der Waals surface area contributed by atoms with Crippen molar-refractivity contribution in [2.75, 3.05) is 59.5 Å². The zero-order valence-corrected chi connectivity index (χ0v) is 13.1. The fraction of sp³-hybridized carbons (Fsp3) is 1.00. The first-order valence-electron chi connectivity index (χ1n) is 7.83. The van der Waals surface area contributed by atoms with E-state index in [4.69, 9.17) is 5.11 Å². The average molecular weight is 271 g/mol. The third-order valence-corrected chi connectivity index (χ3v) is 4.16. The van der Waals surface area contributed by atoms with Crippen molar-refractivity contribution in [2.24, 2.45) is 5.41 Å². The molecule has 1 unspecified atom stereocenters. The van der Waals surface area contributed by atoms with Crippen molar-refractivity contribution < 1.29 is 5.11 Å². The van der Waals surface area contributed by atoms with Crippen LogP contribution in [0.15, 0.2) is 0 Å². The molecule has 4 heteroatoms. The molecule has 1 heterocycles. The Balaban J connectivity index is 2.46. The summed E-state index contributed by atoms with van der Waals surface area (Å²) < 4.78 is 0. The van der Waals surface area contributed by atoms with Gasteiger partial charge >= 0.3 is 0 Å². The van der Waals surface area contributed by atoms with Crippen LogP contribution in [0.3, 0.4) is 0 Å². The molecule has 1 saturated heterocycles. The molecule has 0 amide bonds. The van der Waals surface area contributed by atoms with Gasteiger partial charge in [-0.1, -0.05) is 20.3 Å². The van der Waals surface area contributed by atoms with Crippen LogP contribution in [-0.2, 0) is 0 Å². The standard InChI is InChI=1S/C15H33N3O/c1-4-6-15(2,13-16-3)14-18-8-5-7-17(9-10-18)11-12-19/h16,19H,4-14H2,1-3H3. The van der Waals surface area contributed by atoms with Crippen molar-refractivity contribution in [3.63, 3.8) is 0 Å². The Morgan fingerprint density at radius 1 is 1.16 bits per heavy atom. The largest absolute Gasteiger partial charge is 0.395 e. The number of nitrogens with one attached hydrogen (secondary N) is 1. The van der Waals surface area contributed by atoms with Gasteiger partial charge in [-0.2, -0.15) is 0 Å². The predicted molar refractivity (Wildman–Crippen MR) is 81.5 cm³/mol. The number of β-amino-alcohol motifs (C(OH)–C–C–N with tert-alkyl or cyclic N) is 1. The Bertz CT molecular complexity index is 229. The second-order valence-corrected chi connectivity index (χ2v) is 6.29. The molecule has 0 bridgehead atoms. The van der Waals surface area contributed by atoms with E-state index in [1.54, 1.807) is 0 Å². The van der Waals surface area contributed by atoms with E-state index in [1.807, 2.05) is 0 Å². The van der Waals surface area contributed by atoms with E-state index in [1.165, 1.54) is 32.4 Å². The fourth-order valence-electron chi connectivity index (χ4n) is 3.34. The third-order valence-electron chi connectivity index (χ3n) is 4.16. The lowest BCUT2D eigenvalue weighted by molar-refractivity contribution is 0.150. The Kier molecular flexibility index (Phi) is 7.91. The SMILES string of the molecule is CCCC(C)(CNC)CN1CCCN(CCO)CC1. The summed E-state index contributed by atoms with van der Waals surface area (Å²) >= 11 is 0. The highest BCUT2D eigenvalue weighted by atomic mass is 16.3. The zero-order chi connectivity index (χ0) is 14.1. The molecule has 0 aliphatic carbocycles. The summed E-state index contributed by atoms with van der Waals surface area (Å²) in [5, 5.41) is 12.4. The molecule has 4 nitrogen and oxygen atoms in total. The molecular formula is C15H33N3O. The predicted octanol–water partition coefficient (Wildman–Crippen LogP) is 1.01. The van der Waals surface area contributed by atoms with Crippen LogP contribution in [0.5, 0.6) is 0 Å². The van der Waals surface area contributed by atoms with E-state index in [0.717, 1.165) is 32.7 Å².